The van der Waals surface area contributed by atoms with Gasteiger partial charge in [-0.2, -0.15) is 0 Å². The van der Waals surface area contributed by atoms with Gasteiger partial charge in [0.2, 0.25) is 5.91 Å². The van der Waals surface area contributed by atoms with E-state index >= 15 is 0 Å². The Morgan fingerprint density at radius 2 is 1.96 bits per heavy atom. The Balaban J connectivity index is 1.95. The lowest BCUT2D eigenvalue weighted by atomic mass is 9.83. The van der Waals surface area contributed by atoms with Gasteiger partial charge in [0.15, 0.2) is 0 Å². The van der Waals surface area contributed by atoms with Gasteiger partial charge < -0.3 is 25.0 Å². The highest BCUT2D eigenvalue weighted by atomic mass is 16.5. The number of benzene rings is 1. The van der Waals surface area contributed by atoms with E-state index in [1.165, 1.54) is 0 Å². The highest BCUT2D eigenvalue weighted by Gasteiger charge is 2.35. The summed E-state index contributed by atoms with van der Waals surface area (Å²) >= 11 is 0. The molecule has 2 N–H and O–H groups in total. The molecule has 3 amide bonds. The Hall–Kier alpha value is -2.28. The molecule has 7 nitrogen and oxygen atoms in total. The fourth-order valence-electron chi connectivity index (χ4n) is 3.42. The van der Waals surface area contributed by atoms with Crippen LogP contribution in [0.3, 0.4) is 0 Å². The number of amides is 3. The summed E-state index contributed by atoms with van der Waals surface area (Å²) in [5.41, 5.74) is 0.624. The van der Waals surface area contributed by atoms with Crippen LogP contribution in [0.1, 0.15) is 33.1 Å². The van der Waals surface area contributed by atoms with E-state index in [4.69, 9.17) is 9.47 Å². The minimum absolute atomic E-state index is 0.0558. The van der Waals surface area contributed by atoms with Gasteiger partial charge in [-0.1, -0.05) is 12.1 Å². The number of methoxy groups -OCH3 is 1. The third kappa shape index (κ3) is 5.60. The number of urea groups is 1. The molecule has 1 aliphatic carbocycles. The molecular weight excluding hydrogens is 346 g/mol. The van der Waals surface area contributed by atoms with E-state index in [2.05, 4.69) is 10.6 Å². The van der Waals surface area contributed by atoms with Crippen molar-refractivity contribution in [2.75, 3.05) is 32.6 Å². The molecule has 1 saturated carbocycles. The lowest BCUT2D eigenvalue weighted by Gasteiger charge is -2.36. The van der Waals surface area contributed by atoms with Crippen LogP contribution in [0.25, 0.3) is 0 Å². The maximum atomic E-state index is 12.5. The normalized spacial score (nSPS) is 22.0. The molecule has 1 aromatic carbocycles. The molecule has 0 aromatic heterocycles. The highest BCUT2D eigenvalue weighted by molar-refractivity contribution is 5.91. The zero-order chi connectivity index (χ0) is 19.8. The van der Waals surface area contributed by atoms with E-state index in [0.717, 1.165) is 6.42 Å². The maximum absolute atomic E-state index is 12.5. The standard InChI is InChI=1S/C20H31N3O4/c1-5-23(3)19(24)14-11-12-16(18(13-14)26-4)22-20(25)21-15-9-7-8-10-17(15)27-6-2/h7-10,14,16,18H,5-6,11-13H2,1-4H3,(H2,21,22,25)/t14-,16+,18+/m0/s1. The monoisotopic (exact) mass is 377 g/mol. The molecule has 0 spiro atoms. The van der Waals surface area contributed by atoms with Crippen molar-refractivity contribution in [3.05, 3.63) is 24.3 Å². The largest absolute Gasteiger partial charge is 0.492 e. The number of carbonyl (C=O) groups is 2. The average Bonchev–Trinajstić information content (AvgIpc) is 2.68. The Morgan fingerprint density at radius 1 is 1.22 bits per heavy atom. The van der Waals surface area contributed by atoms with Crippen LogP contribution in [0.4, 0.5) is 10.5 Å². The van der Waals surface area contributed by atoms with Gasteiger partial charge in [-0.3, -0.25) is 4.79 Å². The summed E-state index contributed by atoms with van der Waals surface area (Å²) in [7, 11) is 3.44. The molecule has 1 aliphatic rings. The van der Waals surface area contributed by atoms with Crippen molar-refractivity contribution in [3.8, 4) is 5.75 Å². The molecule has 0 aliphatic heterocycles. The minimum atomic E-state index is -0.301. The van der Waals surface area contributed by atoms with E-state index in [1.54, 1.807) is 18.1 Å². The highest BCUT2D eigenvalue weighted by Crippen LogP contribution is 2.28. The molecule has 2 rings (SSSR count). The van der Waals surface area contributed by atoms with Crippen molar-refractivity contribution in [2.24, 2.45) is 5.92 Å². The average molecular weight is 377 g/mol. The fourth-order valence-corrected chi connectivity index (χ4v) is 3.42. The molecule has 0 radical (unpaired) electrons. The number of hydrogen-bond donors (Lipinski definition) is 2. The van der Waals surface area contributed by atoms with Crippen LogP contribution in [-0.4, -0.2) is 56.3 Å². The van der Waals surface area contributed by atoms with Crippen molar-refractivity contribution >= 4 is 17.6 Å². The summed E-state index contributed by atoms with van der Waals surface area (Å²) in [6.45, 7) is 5.08. The van der Waals surface area contributed by atoms with Crippen molar-refractivity contribution in [1.29, 1.82) is 0 Å². The summed E-state index contributed by atoms with van der Waals surface area (Å²) in [6, 6.07) is 6.89. The predicted octanol–water partition coefficient (Wildman–Crippen LogP) is 2.87. The predicted molar refractivity (Wildman–Crippen MR) is 105 cm³/mol. The molecule has 0 unspecified atom stereocenters. The second-order valence-corrected chi connectivity index (χ2v) is 6.77. The Morgan fingerprint density at radius 3 is 2.63 bits per heavy atom. The van der Waals surface area contributed by atoms with E-state index in [0.29, 0.717) is 37.4 Å². The van der Waals surface area contributed by atoms with E-state index in [9.17, 15) is 9.59 Å². The smallest absolute Gasteiger partial charge is 0.319 e. The maximum Gasteiger partial charge on any atom is 0.319 e. The number of anilines is 1. The van der Waals surface area contributed by atoms with Gasteiger partial charge in [0, 0.05) is 26.6 Å². The van der Waals surface area contributed by atoms with Crippen LogP contribution in [0.15, 0.2) is 24.3 Å². The quantitative estimate of drug-likeness (QED) is 0.766. The first kappa shape index (κ1) is 21.0. The molecule has 7 heteroatoms. The summed E-state index contributed by atoms with van der Waals surface area (Å²) in [6.07, 6.45) is 1.86. The van der Waals surface area contributed by atoms with Gasteiger partial charge in [-0.15, -0.1) is 0 Å². The Labute approximate surface area is 161 Å². The number of carbonyl (C=O) groups excluding carboxylic acids is 2. The topological polar surface area (TPSA) is 79.9 Å². The van der Waals surface area contributed by atoms with E-state index in [1.807, 2.05) is 39.1 Å². The second kappa shape index (κ2) is 10.2. The van der Waals surface area contributed by atoms with Crippen LogP contribution < -0.4 is 15.4 Å². The SMILES string of the molecule is CCOc1ccccc1NC(=O)N[C@@H]1CC[C@H](C(=O)N(C)CC)C[C@H]1OC. The molecule has 1 fully saturated rings. The first-order valence-electron chi connectivity index (χ1n) is 9.57. The van der Waals surface area contributed by atoms with Crippen molar-refractivity contribution in [3.63, 3.8) is 0 Å². The van der Waals surface area contributed by atoms with Gasteiger partial charge in [-0.05, 0) is 45.2 Å². The van der Waals surface area contributed by atoms with Gasteiger partial charge in [0.1, 0.15) is 5.75 Å². The summed E-state index contributed by atoms with van der Waals surface area (Å²) in [5.74, 6) is 0.725. The summed E-state index contributed by atoms with van der Waals surface area (Å²) in [4.78, 5) is 26.6. The number of ether oxygens (including phenoxy) is 2. The molecule has 0 saturated heterocycles. The van der Waals surface area contributed by atoms with Crippen molar-refractivity contribution in [1.82, 2.24) is 10.2 Å². The van der Waals surface area contributed by atoms with Crippen LogP contribution in [0.5, 0.6) is 5.75 Å². The molecule has 0 heterocycles. The van der Waals surface area contributed by atoms with Gasteiger partial charge in [0.05, 0.1) is 24.4 Å². The molecule has 3 atom stereocenters. The number of nitrogens with one attached hydrogen (secondary N) is 2. The molecule has 27 heavy (non-hydrogen) atoms. The Bertz CT molecular complexity index is 637. The van der Waals surface area contributed by atoms with Gasteiger partial charge >= 0.3 is 6.03 Å². The summed E-state index contributed by atoms with van der Waals surface area (Å²) in [5, 5.41) is 5.83. The minimum Gasteiger partial charge on any atom is -0.492 e. The van der Waals surface area contributed by atoms with Crippen molar-refractivity contribution in [2.45, 2.75) is 45.3 Å². The molecule has 0 bridgehead atoms. The third-order valence-corrected chi connectivity index (χ3v) is 5.05. The lowest BCUT2D eigenvalue weighted by Crippen LogP contribution is -2.50. The first-order valence-corrected chi connectivity index (χ1v) is 9.57. The fraction of sp³-hybridized carbons (Fsp3) is 0.600. The van der Waals surface area contributed by atoms with Crippen LogP contribution in [0.2, 0.25) is 0 Å². The second-order valence-electron chi connectivity index (χ2n) is 6.77. The first-order chi connectivity index (χ1) is 13.0. The number of rotatable bonds is 7. The van der Waals surface area contributed by atoms with Crippen LogP contribution in [0, 0.1) is 5.92 Å². The van der Waals surface area contributed by atoms with Crippen LogP contribution >= 0.6 is 0 Å². The van der Waals surface area contributed by atoms with Gasteiger partial charge in [-0.25, -0.2) is 4.79 Å². The summed E-state index contributed by atoms with van der Waals surface area (Å²) < 4.78 is 11.1. The van der Waals surface area contributed by atoms with Crippen molar-refractivity contribution < 1.29 is 19.1 Å². The number of para-hydroxylation sites is 2. The zero-order valence-electron chi connectivity index (χ0n) is 16.7. The Kier molecular flexibility index (Phi) is 7.91. The zero-order valence-corrected chi connectivity index (χ0v) is 16.7. The molecule has 1 aromatic rings. The lowest BCUT2D eigenvalue weighted by molar-refractivity contribution is -0.137. The van der Waals surface area contributed by atoms with Gasteiger partial charge in [0.25, 0.3) is 0 Å². The third-order valence-electron chi connectivity index (χ3n) is 5.05. The number of nitrogens with zero attached hydrogens (tertiary/aromatic N) is 1. The molecular formula is C20H31N3O4. The van der Waals surface area contributed by atoms with Crippen LogP contribution in [-0.2, 0) is 9.53 Å². The number of hydrogen-bond acceptors (Lipinski definition) is 4. The molecule has 150 valence electrons. The van der Waals surface area contributed by atoms with E-state index in [-0.39, 0.29) is 30.0 Å². The van der Waals surface area contributed by atoms with E-state index < -0.39 is 0 Å².